The zero-order valence-corrected chi connectivity index (χ0v) is 10.8. The molecule has 4 heteroatoms. The van der Waals surface area contributed by atoms with Gasteiger partial charge in [-0.3, -0.25) is 4.90 Å². The molecule has 2 saturated heterocycles. The Morgan fingerprint density at radius 3 is 2.76 bits per heavy atom. The van der Waals surface area contributed by atoms with Crippen molar-refractivity contribution in [2.24, 2.45) is 10.7 Å². The van der Waals surface area contributed by atoms with E-state index in [2.05, 4.69) is 21.7 Å². The third kappa shape index (κ3) is 2.41. The van der Waals surface area contributed by atoms with Crippen molar-refractivity contribution >= 4 is 5.96 Å². The third-order valence-electron chi connectivity index (χ3n) is 4.34. The molecule has 2 N–H and O–H groups in total. The van der Waals surface area contributed by atoms with Crippen LogP contribution in [0.5, 0.6) is 0 Å². The molecule has 3 aliphatic rings. The fourth-order valence-corrected chi connectivity index (χ4v) is 3.14. The quantitative estimate of drug-likeness (QED) is 0.546. The molecule has 2 aliphatic heterocycles. The number of piperazine rings is 1. The summed E-state index contributed by atoms with van der Waals surface area (Å²) in [6.45, 7) is 5.80. The normalized spacial score (nSPS) is 35.8. The summed E-state index contributed by atoms with van der Waals surface area (Å²) in [4.78, 5) is 9.59. The molecule has 0 bridgehead atoms. The molecular weight excluding hydrogens is 212 g/mol. The van der Waals surface area contributed by atoms with Crippen molar-refractivity contribution in [3.63, 3.8) is 0 Å². The van der Waals surface area contributed by atoms with Crippen LogP contribution in [0.15, 0.2) is 4.99 Å². The zero-order valence-electron chi connectivity index (χ0n) is 10.8. The Morgan fingerprint density at radius 2 is 2.00 bits per heavy atom. The Bertz CT molecular complexity index is 311. The number of guanidine groups is 1. The van der Waals surface area contributed by atoms with Crippen LogP contribution in [0.4, 0.5) is 0 Å². The van der Waals surface area contributed by atoms with Gasteiger partial charge < -0.3 is 10.6 Å². The fraction of sp³-hybridized carbons (Fsp3) is 0.923. The minimum absolute atomic E-state index is 0.520. The monoisotopic (exact) mass is 236 g/mol. The van der Waals surface area contributed by atoms with Gasteiger partial charge in [-0.2, -0.15) is 0 Å². The molecule has 4 nitrogen and oxygen atoms in total. The van der Waals surface area contributed by atoms with Crippen LogP contribution in [0.1, 0.15) is 39.0 Å². The molecule has 3 fully saturated rings. The highest BCUT2D eigenvalue weighted by Gasteiger charge is 2.34. The molecule has 0 spiro atoms. The van der Waals surface area contributed by atoms with Gasteiger partial charge in [0.15, 0.2) is 5.96 Å². The molecule has 1 aliphatic carbocycles. The summed E-state index contributed by atoms with van der Waals surface area (Å²) in [5.41, 5.74) is 6.16. The van der Waals surface area contributed by atoms with E-state index in [9.17, 15) is 0 Å². The number of piperidine rings is 1. The molecule has 0 aromatic carbocycles. The first-order valence-electron chi connectivity index (χ1n) is 7.08. The lowest BCUT2D eigenvalue weighted by Crippen LogP contribution is -2.61. The van der Waals surface area contributed by atoms with Crippen LogP contribution in [-0.2, 0) is 0 Å². The molecular formula is C13H24N4. The van der Waals surface area contributed by atoms with Gasteiger partial charge in [-0.1, -0.05) is 6.42 Å². The van der Waals surface area contributed by atoms with E-state index < -0.39 is 0 Å². The maximum absolute atomic E-state index is 6.16. The first-order chi connectivity index (χ1) is 8.24. The van der Waals surface area contributed by atoms with E-state index in [1.54, 1.807) is 0 Å². The number of nitrogens with zero attached hydrogens (tertiary/aromatic N) is 3. The average Bonchev–Trinajstić information content (AvgIpc) is 3.12. The van der Waals surface area contributed by atoms with Crippen LogP contribution in [0.25, 0.3) is 0 Å². The summed E-state index contributed by atoms with van der Waals surface area (Å²) in [5, 5.41) is 0. The second-order valence-corrected chi connectivity index (χ2v) is 5.86. The number of hydrogen-bond donors (Lipinski definition) is 1. The maximum Gasteiger partial charge on any atom is 0.191 e. The lowest BCUT2D eigenvalue weighted by molar-refractivity contribution is 0.0496. The maximum atomic E-state index is 6.16. The second kappa shape index (κ2) is 4.48. The van der Waals surface area contributed by atoms with E-state index in [-0.39, 0.29) is 0 Å². The molecule has 0 aromatic heterocycles. The Kier molecular flexibility index (Phi) is 2.99. The van der Waals surface area contributed by atoms with Gasteiger partial charge in [0.2, 0.25) is 0 Å². The lowest BCUT2D eigenvalue weighted by Gasteiger charge is -2.47. The van der Waals surface area contributed by atoms with Crippen LogP contribution in [0, 0.1) is 0 Å². The molecule has 2 atom stereocenters. The Hall–Kier alpha value is -0.770. The highest BCUT2D eigenvalue weighted by molar-refractivity contribution is 5.79. The van der Waals surface area contributed by atoms with Gasteiger partial charge in [-0.25, -0.2) is 4.99 Å². The Morgan fingerprint density at radius 1 is 1.18 bits per heavy atom. The summed E-state index contributed by atoms with van der Waals surface area (Å²) in [5.74, 6) is 0.797. The Labute approximate surface area is 104 Å². The van der Waals surface area contributed by atoms with Crippen LogP contribution in [0.3, 0.4) is 0 Å². The van der Waals surface area contributed by atoms with Crippen molar-refractivity contribution < 1.29 is 0 Å². The van der Waals surface area contributed by atoms with Crippen molar-refractivity contribution in [3.8, 4) is 0 Å². The summed E-state index contributed by atoms with van der Waals surface area (Å²) >= 11 is 0. The first kappa shape index (κ1) is 11.3. The predicted octanol–water partition coefficient (Wildman–Crippen LogP) is 1.02. The first-order valence-corrected chi connectivity index (χ1v) is 7.08. The van der Waals surface area contributed by atoms with Gasteiger partial charge in [0.25, 0.3) is 0 Å². The number of nitrogens with two attached hydrogens (primary N) is 1. The Balaban J connectivity index is 1.68. The highest BCUT2D eigenvalue weighted by atomic mass is 15.4. The van der Waals surface area contributed by atoms with Gasteiger partial charge in [-0.15, -0.1) is 0 Å². The average molecular weight is 236 g/mol. The number of hydrogen-bond acceptors (Lipinski definition) is 2. The lowest BCUT2D eigenvalue weighted by atomic mass is 9.97. The summed E-state index contributed by atoms with van der Waals surface area (Å²) in [6.07, 6.45) is 6.55. The third-order valence-corrected chi connectivity index (χ3v) is 4.34. The van der Waals surface area contributed by atoms with Gasteiger partial charge in [0.05, 0.1) is 6.04 Å². The van der Waals surface area contributed by atoms with Crippen molar-refractivity contribution in [3.05, 3.63) is 0 Å². The molecule has 0 amide bonds. The van der Waals surface area contributed by atoms with Crippen molar-refractivity contribution in [2.45, 2.75) is 57.2 Å². The molecule has 0 radical (unpaired) electrons. The summed E-state index contributed by atoms with van der Waals surface area (Å²) in [7, 11) is 0. The van der Waals surface area contributed by atoms with E-state index in [0.29, 0.717) is 18.1 Å². The number of fused-ring (bicyclic) bond motifs is 1. The van der Waals surface area contributed by atoms with Crippen LogP contribution in [-0.4, -0.2) is 53.5 Å². The van der Waals surface area contributed by atoms with E-state index >= 15 is 0 Å². The highest BCUT2D eigenvalue weighted by Crippen LogP contribution is 2.26. The summed E-state index contributed by atoms with van der Waals surface area (Å²) < 4.78 is 0. The topological polar surface area (TPSA) is 44.9 Å². The number of rotatable bonds is 1. The predicted molar refractivity (Wildman–Crippen MR) is 70.0 cm³/mol. The molecule has 2 unspecified atom stereocenters. The second-order valence-electron chi connectivity index (χ2n) is 5.86. The van der Waals surface area contributed by atoms with Crippen LogP contribution < -0.4 is 5.73 Å². The molecule has 96 valence electrons. The fourth-order valence-electron chi connectivity index (χ4n) is 3.14. The van der Waals surface area contributed by atoms with E-state index in [0.717, 1.165) is 19.0 Å². The van der Waals surface area contributed by atoms with E-state index in [1.807, 2.05) is 0 Å². The minimum atomic E-state index is 0.520. The SMILES string of the molecule is CC1CN2CCCCC2CN1C(N)=NC1CC1. The van der Waals surface area contributed by atoms with Crippen molar-refractivity contribution in [2.75, 3.05) is 19.6 Å². The van der Waals surface area contributed by atoms with Crippen molar-refractivity contribution in [1.29, 1.82) is 0 Å². The molecule has 0 aromatic rings. The van der Waals surface area contributed by atoms with Gasteiger partial charge in [0.1, 0.15) is 0 Å². The van der Waals surface area contributed by atoms with Crippen molar-refractivity contribution in [1.82, 2.24) is 9.80 Å². The molecule has 17 heavy (non-hydrogen) atoms. The largest absolute Gasteiger partial charge is 0.370 e. The standard InChI is InChI=1S/C13H24N4/c1-10-8-16-7-3-2-4-12(16)9-17(10)13(14)15-11-5-6-11/h10-12H,2-9H2,1H3,(H2,14,15). The summed E-state index contributed by atoms with van der Waals surface area (Å²) in [6, 6.07) is 1.77. The van der Waals surface area contributed by atoms with E-state index in [4.69, 9.17) is 5.73 Å². The zero-order chi connectivity index (χ0) is 11.8. The van der Waals surface area contributed by atoms with Gasteiger partial charge in [-0.05, 0) is 39.2 Å². The molecule has 3 rings (SSSR count). The van der Waals surface area contributed by atoms with Crippen LogP contribution >= 0.6 is 0 Å². The van der Waals surface area contributed by atoms with Gasteiger partial charge in [0, 0.05) is 25.2 Å². The molecule has 2 heterocycles. The molecule has 1 saturated carbocycles. The van der Waals surface area contributed by atoms with Gasteiger partial charge >= 0.3 is 0 Å². The smallest absolute Gasteiger partial charge is 0.191 e. The van der Waals surface area contributed by atoms with E-state index in [1.165, 1.54) is 38.6 Å². The van der Waals surface area contributed by atoms with Crippen LogP contribution in [0.2, 0.25) is 0 Å². The number of aliphatic imine (C=N–C) groups is 1. The minimum Gasteiger partial charge on any atom is -0.370 e.